The predicted molar refractivity (Wildman–Crippen MR) is 81.5 cm³/mol. The van der Waals surface area contributed by atoms with E-state index >= 15 is 0 Å². The van der Waals surface area contributed by atoms with Crippen LogP contribution in [0, 0.1) is 0 Å². The fourth-order valence-corrected chi connectivity index (χ4v) is 2.70. The summed E-state index contributed by atoms with van der Waals surface area (Å²) < 4.78 is 16.6. The highest BCUT2D eigenvalue weighted by Crippen LogP contribution is 2.40. The Balaban J connectivity index is 1.66. The van der Waals surface area contributed by atoms with E-state index in [2.05, 4.69) is 0 Å². The Kier molecular flexibility index (Phi) is 3.42. The van der Waals surface area contributed by atoms with Crippen molar-refractivity contribution in [1.29, 1.82) is 0 Å². The van der Waals surface area contributed by atoms with Crippen molar-refractivity contribution >= 4 is 5.97 Å². The number of fused-ring (bicyclic) bond motifs is 6. The van der Waals surface area contributed by atoms with Crippen LogP contribution in [0.25, 0.3) is 0 Å². The summed E-state index contributed by atoms with van der Waals surface area (Å²) in [6, 6.07) is 12.6. The zero-order valence-corrected chi connectivity index (χ0v) is 12.4. The molecule has 118 valence electrons. The minimum atomic E-state index is -0.251. The fourth-order valence-electron chi connectivity index (χ4n) is 2.70. The van der Waals surface area contributed by atoms with E-state index < -0.39 is 0 Å². The van der Waals surface area contributed by atoms with Crippen LogP contribution in [0.3, 0.4) is 0 Å². The number of phenols is 1. The zero-order chi connectivity index (χ0) is 15.8. The number of ether oxygens (including phenoxy) is 3. The van der Waals surface area contributed by atoms with Crippen molar-refractivity contribution in [1.82, 2.24) is 0 Å². The van der Waals surface area contributed by atoms with Crippen LogP contribution < -0.4 is 4.74 Å². The van der Waals surface area contributed by atoms with Gasteiger partial charge in [0.1, 0.15) is 24.6 Å². The number of aromatic hydroxyl groups is 1. The number of carbonyl (C=O) groups excluding carboxylic acids is 1. The number of hydrogen-bond donors (Lipinski definition) is 1. The monoisotopic (exact) mass is 312 g/mol. The van der Waals surface area contributed by atoms with Gasteiger partial charge >= 0.3 is 5.97 Å². The molecule has 23 heavy (non-hydrogen) atoms. The van der Waals surface area contributed by atoms with Crippen LogP contribution in [0.15, 0.2) is 42.5 Å². The van der Waals surface area contributed by atoms with Crippen molar-refractivity contribution < 1.29 is 24.1 Å². The summed E-state index contributed by atoms with van der Waals surface area (Å²) in [5.41, 5.74) is 1.92. The zero-order valence-electron chi connectivity index (χ0n) is 12.4. The average molecular weight is 312 g/mol. The first-order chi connectivity index (χ1) is 11.2. The molecule has 3 aliphatic heterocycles. The lowest BCUT2D eigenvalue weighted by Crippen LogP contribution is -2.11. The smallest absolute Gasteiger partial charge is 0.306 e. The summed E-state index contributed by atoms with van der Waals surface area (Å²) in [5, 5.41) is 9.94. The molecule has 0 aliphatic carbocycles. The molecule has 3 aliphatic rings. The maximum Gasteiger partial charge on any atom is 0.306 e. The van der Waals surface area contributed by atoms with Gasteiger partial charge in [-0.3, -0.25) is 4.79 Å². The SMILES string of the molecule is O=C1CCc2ccc(O)c(c2)Oc2ccc(cc2)C2OC2CO1. The van der Waals surface area contributed by atoms with Crippen molar-refractivity contribution in [2.24, 2.45) is 0 Å². The van der Waals surface area contributed by atoms with Crippen LogP contribution in [0.4, 0.5) is 0 Å². The molecular formula is C18H16O5. The molecule has 5 rings (SSSR count). The largest absolute Gasteiger partial charge is 0.504 e. The highest BCUT2D eigenvalue weighted by molar-refractivity contribution is 5.69. The molecule has 0 radical (unpaired) electrons. The second-order valence-electron chi connectivity index (χ2n) is 5.75. The van der Waals surface area contributed by atoms with E-state index in [0.717, 1.165) is 11.1 Å². The van der Waals surface area contributed by atoms with Crippen LogP contribution in [0.2, 0.25) is 0 Å². The summed E-state index contributed by atoms with van der Waals surface area (Å²) in [7, 11) is 0. The van der Waals surface area contributed by atoms with E-state index in [9.17, 15) is 9.90 Å². The van der Waals surface area contributed by atoms with Crippen LogP contribution in [0.5, 0.6) is 17.2 Å². The molecule has 2 aromatic carbocycles. The first-order valence-electron chi connectivity index (χ1n) is 7.60. The topological polar surface area (TPSA) is 68.3 Å². The molecule has 3 heterocycles. The second kappa shape index (κ2) is 5.59. The second-order valence-corrected chi connectivity index (χ2v) is 5.75. The normalized spacial score (nSPS) is 23.0. The van der Waals surface area contributed by atoms with Crippen molar-refractivity contribution in [3.05, 3.63) is 53.6 Å². The van der Waals surface area contributed by atoms with Gasteiger partial charge in [-0.25, -0.2) is 0 Å². The lowest BCUT2D eigenvalue weighted by Gasteiger charge is -2.10. The molecule has 2 aromatic rings. The van der Waals surface area contributed by atoms with Gasteiger partial charge in [0.2, 0.25) is 0 Å². The molecule has 1 N–H and O–H groups in total. The van der Waals surface area contributed by atoms with Crippen molar-refractivity contribution in [3.63, 3.8) is 0 Å². The van der Waals surface area contributed by atoms with Gasteiger partial charge in [0.05, 0.1) is 0 Å². The number of rotatable bonds is 0. The number of epoxide rings is 1. The van der Waals surface area contributed by atoms with E-state index in [-0.39, 0.29) is 37.0 Å². The first-order valence-corrected chi connectivity index (χ1v) is 7.60. The molecular weight excluding hydrogens is 296 g/mol. The molecule has 0 amide bonds. The van der Waals surface area contributed by atoms with Gasteiger partial charge in [-0.2, -0.15) is 0 Å². The summed E-state index contributed by atoms with van der Waals surface area (Å²) in [6.45, 7) is 0.280. The summed E-state index contributed by atoms with van der Waals surface area (Å²) >= 11 is 0. The van der Waals surface area contributed by atoms with Gasteiger partial charge < -0.3 is 19.3 Å². The lowest BCUT2D eigenvalue weighted by molar-refractivity contribution is -0.144. The quantitative estimate of drug-likeness (QED) is 0.598. The third-order valence-electron chi connectivity index (χ3n) is 4.07. The minimum absolute atomic E-state index is 0.0311. The Labute approximate surface area is 133 Å². The van der Waals surface area contributed by atoms with Gasteiger partial charge in [0.15, 0.2) is 11.5 Å². The molecule has 0 spiro atoms. The van der Waals surface area contributed by atoms with Crippen molar-refractivity contribution in [2.45, 2.75) is 25.0 Å². The van der Waals surface area contributed by atoms with Gasteiger partial charge in [0, 0.05) is 6.42 Å². The minimum Gasteiger partial charge on any atom is -0.504 e. The average Bonchev–Trinajstić information content (AvgIpc) is 3.33. The predicted octanol–water partition coefficient (Wildman–Crippen LogP) is 3.11. The van der Waals surface area contributed by atoms with E-state index in [1.807, 2.05) is 24.3 Å². The third-order valence-corrected chi connectivity index (χ3v) is 4.07. The number of esters is 1. The summed E-state index contributed by atoms with van der Waals surface area (Å²) in [5.74, 6) is 0.828. The number of benzene rings is 2. The molecule has 0 aromatic heterocycles. The Hall–Kier alpha value is -2.53. The van der Waals surface area contributed by atoms with Gasteiger partial charge in [-0.15, -0.1) is 0 Å². The molecule has 5 nitrogen and oxygen atoms in total. The molecule has 5 heteroatoms. The van der Waals surface area contributed by atoms with Gasteiger partial charge in [-0.05, 0) is 41.8 Å². The lowest BCUT2D eigenvalue weighted by atomic mass is 10.1. The van der Waals surface area contributed by atoms with Crippen LogP contribution in [-0.4, -0.2) is 23.8 Å². The highest BCUT2D eigenvalue weighted by Gasteiger charge is 2.41. The third kappa shape index (κ3) is 3.00. The van der Waals surface area contributed by atoms with Crippen LogP contribution >= 0.6 is 0 Å². The summed E-state index contributed by atoms with van der Waals surface area (Å²) in [6.07, 6.45) is 0.714. The van der Waals surface area contributed by atoms with E-state index in [1.54, 1.807) is 18.2 Å². The highest BCUT2D eigenvalue weighted by atomic mass is 16.6. The number of carbonyl (C=O) groups is 1. The maximum atomic E-state index is 11.8. The molecule has 2 atom stereocenters. The summed E-state index contributed by atoms with van der Waals surface area (Å²) in [4.78, 5) is 11.8. The van der Waals surface area contributed by atoms with E-state index in [0.29, 0.717) is 17.9 Å². The fraction of sp³-hybridized carbons (Fsp3) is 0.278. The first kappa shape index (κ1) is 14.1. The Bertz CT molecular complexity index is 738. The molecule has 1 fully saturated rings. The van der Waals surface area contributed by atoms with Crippen LogP contribution in [0.1, 0.15) is 23.7 Å². The molecule has 2 unspecified atom stereocenters. The van der Waals surface area contributed by atoms with Crippen LogP contribution in [-0.2, 0) is 20.7 Å². The number of phenolic OH excluding ortho intramolecular Hbond substituents is 1. The molecule has 4 bridgehead atoms. The Morgan fingerprint density at radius 1 is 1.04 bits per heavy atom. The van der Waals surface area contributed by atoms with Crippen molar-refractivity contribution in [3.8, 4) is 17.2 Å². The molecule has 0 saturated carbocycles. The molecule has 1 saturated heterocycles. The van der Waals surface area contributed by atoms with Crippen molar-refractivity contribution in [2.75, 3.05) is 6.61 Å². The van der Waals surface area contributed by atoms with Gasteiger partial charge in [0.25, 0.3) is 0 Å². The van der Waals surface area contributed by atoms with Gasteiger partial charge in [-0.1, -0.05) is 18.2 Å². The standard InChI is InChI=1S/C18H16O5/c19-14-7-1-11-2-8-17(20)21-10-16-18(23-16)12-3-5-13(6-4-12)22-15(14)9-11/h1,3-7,9,16,18-19H,2,8,10H2. The number of aryl methyl sites for hydroxylation is 1. The maximum absolute atomic E-state index is 11.8. The van der Waals surface area contributed by atoms with E-state index in [4.69, 9.17) is 14.2 Å². The Morgan fingerprint density at radius 2 is 1.87 bits per heavy atom. The Morgan fingerprint density at radius 3 is 2.70 bits per heavy atom. The number of hydrogen-bond acceptors (Lipinski definition) is 5. The van der Waals surface area contributed by atoms with E-state index in [1.165, 1.54) is 0 Å².